The van der Waals surface area contributed by atoms with Gasteiger partial charge in [0.1, 0.15) is 5.82 Å². The molecule has 11 heteroatoms. The zero-order chi connectivity index (χ0) is 30.1. The first-order valence-electron chi connectivity index (χ1n) is 14.3. The van der Waals surface area contributed by atoms with Gasteiger partial charge in [0.25, 0.3) is 11.5 Å². The number of nitrogens with zero attached hydrogens (tertiary/aromatic N) is 6. The van der Waals surface area contributed by atoms with E-state index in [-0.39, 0.29) is 23.9 Å². The molecule has 222 valence electrons. The van der Waals surface area contributed by atoms with Crippen LogP contribution >= 0.6 is 0 Å². The lowest BCUT2D eigenvalue weighted by atomic mass is 9.95. The van der Waals surface area contributed by atoms with E-state index in [2.05, 4.69) is 21.3 Å². The summed E-state index contributed by atoms with van der Waals surface area (Å²) in [5.74, 6) is 0.832. The SMILES string of the molecule is CN(C)c1ccc2c(c1)CCN(c1cccc(-c3cn(C)c(=O)c(Nc4ccnc(N5CCOCC5)c4)n3)c1CO)C2=O. The Bertz CT molecular complexity index is 1730. The fraction of sp³-hybridized carbons (Fsp3) is 0.312. The number of aryl methyl sites for hydroxylation is 1. The zero-order valence-electron chi connectivity index (χ0n) is 24.6. The predicted octanol–water partition coefficient (Wildman–Crippen LogP) is 3.18. The minimum atomic E-state index is -0.303. The second-order valence-electron chi connectivity index (χ2n) is 10.9. The van der Waals surface area contributed by atoms with Crippen molar-refractivity contribution >= 4 is 34.6 Å². The van der Waals surface area contributed by atoms with Crippen LogP contribution in [0.1, 0.15) is 21.5 Å². The number of nitrogens with one attached hydrogen (secondary N) is 1. The number of benzene rings is 2. The van der Waals surface area contributed by atoms with Crippen LogP contribution in [0.5, 0.6) is 0 Å². The number of rotatable bonds is 7. The molecule has 0 unspecified atom stereocenters. The number of carbonyl (C=O) groups is 1. The number of aliphatic hydroxyl groups excluding tert-OH is 1. The van der Waals surface area contributed by atoms with Crippen LogP contribution in [0.4, 0.5) is 28.7 Å². The van der Waals surface area contributed by atoms with E-state index in [1.165, 1.54) is 4.57 Å². The van der Waals surface area contributed by atoms with Gasteiger partial charge in [-0.25, -0.2) is 9.97 Å². The van der Waals surface area contributed by atoms with Gasteiger partial charge in [-0.1, -0.05) is 12.1 Å². The van der Waals surface area contributed by atoms with E-state index >= 15 is 0 Å². The maximum Gasteiger partial charge on any atom is 0.293 e. The molecule has 0 aliphatic carbocycles. The molecule has 0 radical (unpaired) electrons. The van der Waals surface area contributed by atoms with Crippen LogP contribution in [0.3, 0.4) is 0 Å². The number of anilines is 5. The van der Waals surface area contributed by atoms with Crippen LogP contribution in [0.25, 0.3) is 11.3 Å². The van der Waals surface area contributed by atoms with Crippen LogP contribution in [0.15, 0.2) is 65.7 Å². The molecule has 2 N–H and O–H groups in total. The Labute approximate surface area is 250 Å². The lowest BCUT2D eigenvalue weighted by molar-refractivity contribution is 0.0980. The van der Waals surface area contributed by atoms with Gasteiger partial charge in [-0.15, -0.1) is 0 Å². The average Bonchev–Trinajstić information content (AvgIpc) is 3.03. The molecule has 1 amide bonds. The van der Waals surface area contributed by atoms with Crippen molar-refractivity contribution in [3.8, 4) is 11.3 Å². The topological polar surface area (TPSA) is 116 Å². The van der Waals surface area contributed by atoms with E-state index in [0.29, 0.717) is 59.9 Å². The second kappa shape index (κ2) is 11.9. The Morgan fingerprint density at radius 1 is 1.02 bits per heavy atom. The van der Waals surface area contributed by atoms with Crippen molar-refractivity contribution in [2.45, 2.75) is 13.0 Å². The van der Waals surface area contributed by atoms with E-state index in [9.17, 15) is 14.7 Å². The normalized spacial score (nSPS) is 14.9. The highest BCUT2D eigenvalue weighted by Crippen LogP contribution is 2.34. The predicted molar refractivity (Wildman–Crippen MR) is 168 cm³/mol. The van der Waals surface area contributed by atoms with E-state index < -0.39 is 0 Å². The number of aliphatic hydroxyl groups is 1. The van der Waals surface area contributed by atoms with Crippen LogP contribution < -0.4 is 25.6 Å². The lowest BCUT2D eigenvalue weighted by Gasteiger charge is -2.31. The Morgan fingerprint density at radius 2 is 1.84 bits per heavy atom. The maximum absolute atomic E-state index is 13.7. The molecule has 2 aliphatic rings. The highest BCUT2D eigenvalue weighted by molar-refractivity contribution is 6.09. The number of hydrogen-bond donors (Lipinski definition) is 2. The van der Waals surface area contributed by atoms with Crippen LogP contribution in [0, 0.1) is 0 Å². The number of ether oxygens (including phenoxy) is 1. The van der Waals surface area contributed by atoms with Gasteiger partial charge < -0.3 is 34.4 Å². The number of amides is 1. The third-order valence-electron chi connectivity index (χ3n) is 7.98. The van der Waals surface area contributed by atoms with E-state index in [1.807, 2.05) is 55.4 Å². The highest BCUT2D eigenvalue weighted by Gasteiger charge is 2.28. The lowest BCUT2D eigenvalue weighted by Crippen LogP contribution is -2.38. The van der Waals surface area contributed by atoms with Crippen molar-refractivity contribution in [3.63, 3.8) is 0 Å². The molecule has 2 aromatic carbocycles. The Balaban J connectivity index is 1.33. The monoisotopic (exact) mass is 581 g/mol. The molecule has 43 heavy (non-hydrogen) atoms. The second-order valence-corrected chi connectivity index (χ2v) is 10.9. The third kappa shape index (κ3) is 5.56. The zero-order valence-corrected chi connectivity index (χ0v) is 24.6. The number of fused-ring (bicyclic) bond motifs is 1. The summed E-state index contributed by atoms with van der Waals surface area (Å²) in [5.41, 5.74) is 5.44. The Morgan fingerprint density at radius 3 is 2.60 bits per heavy atom. The first-order valence-corrected chi connectivity index (χ1v) is 14.3. The molecule has 1 fully saturated rings. The minimum Gasteiger partial charge on any atom is -0.392 e. The van der Waals surface area contributed by atoms with Crippen LogP contribution in [0.2, 0.25) is 0 Å². The number of pyridine rings is 1. The Hall–Kier alpha value is -4.74. The van der Waals surface area contributed by atoms with Crippen LogP contribution in [-0.2, 0) is 24.8 Å². The molecule has 11 nitrogen and oxygen atoms in total. The number of aromatic nitrogens is 3. The van der Waals surface area contributed by atoms with Gasteiger partial charge in [0.2, 0.25) is 0 Å². The number of carbonyl (C=O) groups excluding carboxylic acids is 1. The molecule has 0 saturated carbocycles. The van der Waals surface area contributed by atoms with Gasteiger partial charge in [-0.2, -0.15) is 0 Å². The molecular weight excluding hydrogens is 546 g/mol. The quantitative estimate of drug-likeness (QED) is 0.340. The van der Waals surface area contributed by atoms with E-state index in [0.717, 1.165) is 30.2 Å². The summed E-state index contributed by atoms with van der Waals surface area (Å²) in [6.07, 6.45) is 4.04. The van der Waals surface area contributed by atoms with Gasteiger partial charge in [-0.05, 0) is 42.3 Å². The summed E-state index contributed by atoms with van der Waals surface area (Å²) in [6, 6.07) is 15.1. The molecule has 4 aromatic rings. The largest absolute Gasteiger partial charge is 0.392 e. The van der Waals surface area contributed by atoms with Crippen molar-refractivity contribution < 1.29 is 14.6 Å². The van der Waals surface area contributed by atoms with Crippen molar-refractivity contribution in [2.24, 2.45) is 7.05 Å². The summed E-state index contributed by atoms with van der Waals surface area (Å²) in [6.45, 7) is 2.96. The molecule has 0 bridgehead atoms. The van der Waals surface area contributed by atoms with Crippen LogP contribution in [-0.4, -0.2) is 72.5 Å². The van der Waals surface area contributed by atoms with Gasteiger partial charge in [0.15, 0.2) is 5.82 Å². The molecule has 4 heterocycles. The fourth-order valence-electron chi connectivity index (χ4n) is 5.63. The molecule has 2 aliphatic heterocycles. The average molecular weight is 582 g/mol. The smallest absolute Gasteiger partial charge is 0.293 e. The summed E-state index contributed by atoms with van der Waals surface area (Å²) in [7, 11) is 5.62. The molecule has 0 spiro atoms. The summed E-state index contributed by atoms with van der Waals surface area (Å²) in [5, 5.41) is 13.8. The summed E-state index contributed by atoms with van der Waals surface area (Å²) >= 11 is 0. The number of hydrogen-bond acceptors (Lipinski definition) is 9. The highest BCUT2D eigenvalue weighted by atomic mass is 16.5. The molecule has 2 aromatic heterocycles. The van der Waals surface area contributed by atoms with Crippen molar-refractivity contribution in [3.05, 3.63) is 88.0 Å². The molecule has 6 rings (SSSR count). The van der Waals surface area contributed by atoms with Gasteiger partial charge in [0, 0.05) is 87.3 Å². The number of morpholine rings is 1. The van der Waals surface area contributed by atoms with Crippen molar-refractivity contribution in [1.29, 1.82) is 0 Å². The fourth-order valence-corrected chi connectivity index (χ4v) is 5.63. The van der Waals surface area contributed by atoms with E-state index in [1.54, 1.807) is 30.4 Å². The van der Waals surface area contributed by atoms with E-state index in [4.69, 9.17) is 9.72 Å². The Kier molecular flexibility index (Phi) is 7.83. The molecule has 1 saturated heterocycles. The first-order chi connectivity index (χ1) is 20.8. The maximum atomic E-state index is 13.7. The van der Waals surface area contributed by atoms with Crippen molar-refractivity contribution in [2.75, 3.05) is 67.0 Å². The first kappa shape index (κ1) is 28.4. The molecule has 0 atom stereocenters. The minimum absolute atomic E-state index is 0.108. The standard InChI is InChI=1S/C32H35N7O4/c1-36(2)23-7-8-24-21(17-23)10-12-39(31(24)41)28-6-4-5-25(26(28)20-40)27-19-37(3)32(42)30(35-27)34-22-9-11-33-29(18-22)38-13-15-43-16-14-38/h4-9,11,17-19,40H,10,12-16,20H2,1-3H3,(H,33,34,35). The van der Waals surface area contributed by atoms with Gasteiger partial charge in [0.05, 0.1) is 31.2 Å². The third-order valence-corrected chi connectivity index (χ3v) is 7.98. The van der Waals surface area contributed by atoms with Gasteiger partial charge in [-0.3, -0.25) is 9.59 Å². The van der Waals surface area contributed by atoms with Gasteiger partial charge >= 0.3 is 0 Å². The molecular formula is C32H35N7O4. The summed E-state index contributed by atoms with van der Waals surface area (Å²) in [4.78, 5) is 41.8. The van der Waals surface area contributed by atoms with Crippen molar-refractivity contribution in [1.82, 2.24) is 14.5 Å². The summed E-state index contributed by atoms with van der Waals surface area (Å²) < 4.78 is 6.92.